The van der Waals surface area contributed by atoms with E-state index >= 15 is 0 Å². The summed E-state index contributed by atoms with van der Waals surface area (Å²) in [5.74, 6) is 0.846. The lowest BCUT2D eigenvalue weighted by molar-refractivity contribution is 0.102. The molecule has 2 aromatic heterocycles. The number of nitrogens with one attached hydrogen (secondary N) is 1. The summed E-state index contributed by atoms with van der Waals surface area (Å²) in [5.41, 5.74) is 3.03. The molecule has 0 aliphatic rings. The monoisotopic (exact) mass is 379 g/mol. The Balaban J connectivity index is 1.53. The lowest BCUT2D eigenvalue weighted by Crippen LogP contribution is -2.13. The summed E-state index contributed by atoms with van der Waals surface area (Å²) in [6.45, 7) is 0. The zero-order valence-electron chi connectivity index (χ0n) is 14.8. The van der Waals surface area contributed by atoms with Crippen LogP contribution in [-0.4, -0.2) is 29.5 Å². The number of hydrogen-bond acceptors (Lipinski definition) is 5. The van der Waals surface area contributed by atoms with Crippen molar-refractivity contribution < 1.29 is 14.3 Å². The van der Waals surface area contributed by atoms with Crippen LogP contribution < -0.4 is 14.8 Å². The van der Waals surface area contributed by atoms with Crippen molar-refractivity contribution in [2.45, 2.75) is 0 Å². The van der Waals surface area contributed by atoms with Crippen molar-refractivity contribution >= 4 is 27.9 Å². The number of ether oxygens (including phenoxy) is 2. The summed E-state index contributed by atoms with van der Waals surface area (Å²) in [6.07, 6.45) is 3.97. The zero-order valence-corrected chi connectivity index (χ0v) is 15.6. The van der Waals surface area contributed by atoms with Crippen LogP contribution in [0.15, 0.2) is 60.2 Å². The molecule has 27 heavy (non-hydrogen) atoms. The standard InChI is InChI=1S/C20H17N3O3S/c1-25-15-7-8-16(18(11-15)26-2)19(24)21-14-5-3-13(4-6-14)17-12-23-9-10-27-20(23)22-17/h3-12H,1-2H3,(H,21,24). The average Bonchev–Trinajstić information content (AvgIpc) is 3.30. The topological polar surface area (TPSA) is 64.9 Å². The van der Waals surface area contributed by atoms with Gasteiger partial charge in [0.1, 0.15) is 11.5 Å². The molecule has 2 aromatic carbocycles. The highest BCUT2D eigenvalue weighted by Crippen LogP contribution is 2.26. The minimum atomic E-state index is -0.246. The summed E-state index contributed by atoms with van der Waals surface area (Å²) in [7, 11) is 3.09. The van der Waals surface area contributed by atoms with Gasteiger partial charge in [0.2, 0.25) is 0 Å². The number of imidazole rings is 1. The van der Waals surface area contributed by atoms with E-state index in [1.807, 2.05) is 46.4 Å². The third-order valence-electron chi connectivity index (χ3n) is 4.19. The fraction of sp³-hybridized carbons (Fsp3) is 0.100. The van der Waals surface area contributed by atoms with E-state index in [1.165, 1.54) is 7.11 Å². The van der Waals surface area contributed by atoms with Crippen molar-refractivity contribution in [1.82, 2.24) is 9.38 Å². The van der Waals surface area contributed by atoms with Crippen LogP contribution in [0.3, 0.4) is 0 Å². The Labute approximate surface area is 160 Å². The number of anilines is 1. The van der Waals surface area contributed by atoms with Gasteiger partial charge < -0.3 is 14.8 Å². The van der Waals surface area contributed by atoms with E-state index in [1.54, 1.807) is 36.6 Å². The Hall–Kier alpha value is -3.32. The molecular formula is C20H17N3O3S. The number of carbonyl (C=O) groups is 1. The van der Waals surface area contributed by atoms with Crippen molar-refractivity contribution in [1.29, 1.82) is 0 Å². The Morgan fingerprint density at radius 2 is 1.93 bits per heavy atom. The number of benzene rings is 2. The van der Waals surface area contributed by atoms with Crippen molar-refractivity contribution in [3.05, 3.63) is 65.8 Å². The van der Waals surface area contributed by atoms with Crippen LogP contribution in [0.5, 0.6) is 11.5 Å². The maximum atomic E-state index is 12.6. The van der Waals surface area contributed by atoms with E-state index in [9.17, 15) is 4.79 Å². The second-order valence-electron chi connectivity index (χ2n) is 5.82. The largest absolute Gasteiger partial charge is 0.497 e. The van der Waals surface area contributed by atoms with Crippen molar-refractivity contribution in [2.24, 2.45) is 0 Å². The molecular weight excluding hydrogens is 362 g/mol. The number of carbonyl (C=O) groups excluding carboxylic acids is 1. The second kappa shape index (κ2) is 7.13. The van der Waals surface area contributed by atoms with Crippen LogP contribution in [0.25, 0.3) is 16.2 Å². The molecule has 0 radical (unpaired) electrons. The van der Waals surface area contributed by atoms with Gasteiger partial charge >= 0.3 is 0 Å². The van der Waals surface area contributed by atoms with Crippen LogP contribution in [0.1, 0.15) is 10.4 Å². The fourth-order valence-corrected chi connectivity index (χ4v) is 3.48. The molecule has 6 nitrogen and oxygen atoms in total. The summed E-state index contributed by atoms with van der Waals surface area (Å²) in [4.78, 5) is 18.1. The Kier molecular flexibility index (Phi) is 4.52. The Morgan fingerprint density at radius 3 is 2.63 bits per heavy atom. The van der Waals surface area contributed by atoms with Crippen LogP contribution in [0.2, 0.25) is 0 Å². The average molecular weight is 379 g/mol. The van der Waals surface area contributed by atoms with Crippen LogP contribution in [0, 0.1) is 0 Å². The number of fused-ring (bicyclic) bond motifs is 1. The molecule has 0 unspecified atom stereocenters. The zero-order chi connectivity index (χ0) is 18.8. The van der Waals surface area contributed by atoms with Gasteiger partial charge in [-0.2, -0.15) is 0 Å². The molecule has 4 rings (SSSR count). The molecule has 0 atom stereocenters. The molecule has 1 amide bonds. The van der Waals surface area contributed by atoms with Crippen molar-refractivity contribution in [2.75, 3.05) is 19.5 Å². The predicted molar refractivity (Wildman–Crippen MR) is 106 cm³/mol. The van der Waals surface area contributed by atoms with Crippen LogP contribution in [0.4, 0.5) is 5.69 Å². The first kappa shape index (κ1) is 17.1. The maximum absolute atomic E-state index is 12.6. The lowest BCUT2D eigenvalue weighted by Gasteiger charge is -2.11. The van der Waals surface area contributed by atoms with E-state index in [-0.39, 0.29) is 5.91 Å². The summed E-state index contributed by atoms with van der Waals surface area (Å²) in [6, 6.07) is 12.7. The van der Waals surface area contributed by atoms with Crippen molar-refractivity contribution in [3.8, 4) is 22.8 Å². The molecule has 2 heterocycles. The van der Waals surface area contributed by atoms with Crippen molar-refractivity contribution in [3.63, 3.8) is 0 Å². The molecule has 0 bridgehead atoms. The van der Waals surface area contributed by atoms with E-state index < -0.39 is 0 Å². The third-order valence-corrected chi connectivity index (χ3v) is 4.96. The quantitative estimate of drug-likeness (QED) is 0.560. The van der Waals surface area contributed by atoms with Gasteiger partial charge in [0, 0.05) is 35.1 Å². The molecule has 1 N–H and O–H groups in total. The molecule has 136 valence electrons. The second-order valence-corrected chi connectivity index (χ2v) is 6.69. The van der Waals surface area contributed by atoms with Gasteiger partial charge in [0.15, 0.2) is 4.96 Å². The molecule has 0 aliphatic heterocycles. The smallest absolute Gasteiger partial charge is 0.259 e. The van der Waals surface area contributed by atoms with E-state index in [0.29, 0.717) is 22.7 Å². The summed E-state index contributed by atoms with van der Waals surface area (Å²) in [5, 5.41) is 4.89. The van der Waals surface area contributed by atoms with Crippen LogP contribution in [-0.2, 0) is 0 Å². The highest BCUT2D eigenvalue weighted by Gasteiger charge is 2.14. The van der Waals surface area contributed by atoms with E-state index in [0.717, 1.165) is 16.2 Å². The number of nitrogens with zero attached hydrogens (tertiary/aromatic N) is 2. The van der Waals surface area contributed by atoms with E-state index in [2.05, 4.69) is 10.3 Å². The Morgan fingerprint density at radius 1 is 1.11 bits per heavy atom. The number of thiazole rings is 1. The third kappa shape index (κ3) is 3.37. The molecule has 0 saturated heterocycles. The number of amides is 1. The van der Waals surface area contributed by atoms with Gasteiger partial charge in [-0.15, -0.1) is 11.3 Å². The number of hydrogen-bond donors (Lipinski definition) is 1. The molecule has 0 fully saturated rings. The minimum absolute atomic E-state index is 0.246. The maximum Gasteiger partial charge on any atom is 0.259 e. The predicted octanol–water partition coefficient (Wildman–Crippen LogP) is 4.33. The highest BCUT2D eigenvalue weighted by atomic mass is 32.1. The molecule has 0 saturated carbocycles. The summed E-state index contributed by atoms with van der Waals surface area (Å²) < 4.78 is 12.4. The van der Waals surface area contributed by atoms with Gasteiger partial charge in [-0.3, -0.25) is 9.20 Å². The first-order valence-electron chi connectivity index (χ1n) is 8.24. The molecule has 4 aromatic rings. The minimum Gasteiger partial charge on any atom is -0.497 e. The summed E-state index contributed by atoms with van der Waals surface area (Å²) >= 11 is 1.59. The Bertz CT molecular complexity index is 1070. The number of rotatable bonds is 5. The number of methoxy groups -OCH3 is 2. The number of aromatic nitrogens is 2. The van der Waals surface area contributed by atoms with E-state index in [4.69, 9.17) is 9.47 Å². The van der Waals surface area contributed by atoms with Gasteiger partial charge in [-0.05, 0) is 24.3 Å². The highest BCUT2D eigenvalue weighted by molar-refractivity contribution is 7.15. The molecule has 7 heteroatoms. The fourth-order valence-electron chi connectivity index (χ4n) is 2.78. The molecule has 0 spiro atoms. The van der Waals surface area contributed by atoms with Crippen LogP contribution >= 0.6 is 11.3 Å². The van der Waals surface area contributed by atoms with Gasteiger partial charge in [0.25, 0.3) is 5.91 Å². The normalized spacial score (nSPS) is 10.7. The SMILES string of the molecule is COc1ccc(C(=O)Nc2ccc(-c3cn4ccsc4n3)cc2)c(OC)c1. The van der Waals surface area contributed by atoms with Gasteiger partial charge in [-0.25, -0.2) is 4.98 Å². The first-order chi connectivity index (χ1) is 13.2. The lowest BCUT2D eigenvalue weighted by atomic mass is 10.1. The molecule has 0 aliphatic carbocycles. The van der Waals surface area contributed by atoms with Gasteiger partial charge in [-0.1, -0.05) is 12.1 Å². The first-order valence-corrected chi connectivity index (χ1v) is 9.12. The van der Waals surface area contributed by atoms with Gasteiger partial charge in [0.05, 0.1) is 25.5 Å².